The predicted molar refractivity (Wildman–Crippen MR) is 105 cm³/mol. The molecule has 30 heavy (non-hydrogen) atoms. The van der Waals surface area contributed by atoms with Crippen molar-refractivity contribution in [1.29, 1.82) is 0 Å². The molecule has 3 aromatic rings. The lowest BCUT2D eigenvalue weighted by Gasteiger charge is -2.10. The van der Waals surface area contributed by atoms with Crippen LogP contribution in [0.5, 0.6) is 11.5 Å². The number of aromatic amines is 2. The van der Waals surface area contributed by atoms with Gasteiger partial charge in [-0.25, -0.2) is 9.59 Å². The highest BCUT2D eigenvalue weighted by atomic mass is 16.6. The SMILES string of the molecule is CCOc1cc(C=Cc2[nH]c(=O)[nH]c(=O)c2[N+](=O)[O-])ccc1OC(=O)c1ccco1. The predicted octanol–water partition coefficient (Wildman–Crippen LogP) is 2.35. The molecule has 0 spiro atoms. The number of carbonyl (C=O) groups excluding carboxylic acids is 1. The number of rotatable bonds is 7. The van der Waals surface area contributed by atoms with E-state index in [9.17, 15) is 24.5 Å². The van der Waals surface area contributed by atoms with Crippen LogP contribution in [0.25, 0.3) is 12.2 Å². The minimum absolute atomic E-state index is 0.0204. The molecule has 2 aromatic heterocycles. The lowest BCUT2D eigenvalue weighted by atomic mass is 10.1. The summed E-state index contributed by atoms with van der Waals surface area (Å²) in [5, 5.41) is 11.1. The fourth-order valence-electron chi connectivity index (χ4n) is 2.50. The maximum atomic E-state index is 12.1. The molecule has 2 N–H and O–H groups in total. The van der Waals surface area contributed by atoms with Crippen molar-refractivity contribution in [1.82, 2.24) is 9.97 Å². The van der Waals surface area contributed by atoms with Crippen molar-refractivity contribution < 1.29 is 23.6 Å². The number of hydrogen-bond acceptors (Lipinski definition) is 8. The first-order chi connectivity index (χ1) is 14.4. The Bertz CT molecular complexity index is 1220. The third-order valence-electron chi connectivity index (χ3n) is 3.76. The maximum Gasteiger partial charge on any atom is 0.379 e. The Hall–Kier alpha value is -4.41. The molecule has 0 bridgehead atoms. The van der Waals surface area contributed by atoms with Gasteiger partial charge in [0.05, 0.1) is 17.8 Å². The molecule has 0 radical (unpaired) electrons. The molecule has 0 aliphatic carbocycles. The Labute approximate surface area is 167 Å². The standard InChI is InChI=1S/C19H15N3O8/c1-2-28-15-10-11(6-8-13(15)30-18(24)14-4-3-9-29-14)5-7-12-16(22(26)27)17(23)21-19(25)20-12/h3-10H,2H2,1H3,(H2,20,21,23,25). The fourth-order valence-corrected chi connectivity index (χ4v) is 2.50. The average molecular weight is 413 g/mol. The van der Waals surface area contributed by atoms with Crippen molar-refractivity contribution in [3.8, 4) is 11.5 Å². The van der Waals surface area contributed by atoms with E-state index in [4.69, 9.17) is 13.9 Å². The van der Waals surface area contributed by atoms with E-state index in [2.05, 4.69) is 4.98 Å². The molecule has 0 amide bonds. The first-order valence-corrected chi connectivity index (χ1v) is 8.60. The molecular weight excluding hydrogens is 398 g/mol. The molecule has 154 valence electrons. The molecule has 0 saturated carbocycles. The monoisotopic (exact) mass is 413 g/mol. The normalized spacial score (nSPS) is 10.8. The number of nitrogens with zero attached hydrogens (tertiary/aromatic N) is 1. The van der Waals surface area contributed by atoms with Gasteiger partial charge in [0.1, 0.15) is 5.69 Å². The zero-order valence-electron chi connectivity index (χ0n) is 15.5. The van der Waals surface area contributed by atoms with E-state index < -0.39 is 27.8 Å². The van der Waals surface area contributed by atoms with Gasteiger partial charge in [-0.3, -0.25) is 19.9 Å². The summed E-state index contributed by atoms with van der Waals surface area (Å²) in [6.45, 7) is 2.02. The Morgan fingerprint density at radius 3 is 2.67 bits per heavy atom. The van der Waals surface area contributed by atoms with Crippen LogP contribution in [0.4, 0.5) is 5.69 Å². The number of ether oxygens (including phenoxy) is 2. The van der Waals surface area contributed by atoms with Crippen LogP contribution in [-0.2, 0) is 0 Å². The largest absolute Gasteiger partial charge is 0.490 e. The van der Waals surface area contributed by atoms with Crippen molar-refractivity contribution in [2.45, 2.75) is 6.92 Å². The van der Waals surface area contributed by atoms with Crippen molar-refractivity contribution >= 4 is 23.8 Å². The van der Waals surface area contributed by atoms with Crippen LogP contribution in [0.3, 0.4) is 0 Å². The molecule has 0 saturated heterocycles. The van der Waals surface area contributed by atoms with Gasteiger partial charge < -0.3 is 18.9 Å². The second kappa shape index (κ2) is 8.73. The minimum atomic E-state index is -1.11. The number of nitro groups is 1. The molecule has 2 heterocycles. The number of furan rings is 1. The van der Waals surface area contributed by atoms with Crippen LogP contribution in [0.2, 0.25) is 0 Å². The first-order valence-electron chi connectivity index (χ1n) is 8.60. The van der Waals surface area contributed by atoms with Gasteiger partial charge in [-0.1, -0.05) is 12.1 Å². The number of benzene rings is 1. The van der Waals surface area contributed by atoms with Crippen LogP contribution in [0, 0.1) is 10.1 Å². The number of aromatic nitrogens is 2. The van der Waals surface area contributed by atoms with Crippen molar-refractivity contribution in [2.24, 2.45) is 0 Å². The van der Waals surface area contributed by atoms with Crippen LogP contribution in [-0.4, -0.2) is 27.5 Å². The number of carbonyl (C=O) groups is 1. The van der Waals surface area contributed by atoms with E-state index in [-0.39, 0.29) is 29.6 Å². The summed E-state index contributed by atoms with van der Waals surface area (Å²) in [6.07, 6.45) is 3.98. The summed E-state index contributed by atoms with van der Waals surface area (Å²) in [5.74, 6) is -0.299. The van der Waals surface area contributed by atoms with Crippen LogP contribution in [0.1, 0.15) is 28.7 Å². The van der Waals surface area contributed by atoms with Gasteiger partial charge in [-0.05, 0) is 42.8 Å². The van der Waals surface area contributed by atoms with E-state index in [0.717, 1.165) is 0 Å². The Morgan fingerprint density at radius 2 is 2.00 bits per heavy atom. The van der Waals surface area contributed by atoms with Crippen LogP contribution >= 0.6 is 0 Å². The molecule has 0 fully saturated rings. The molecular formula is C19H15N3O8. The fraction of sp³-hybridized carbons (Fsp3) is 0.105. The van der Waals surface area contributed by atoms with E-state index in [0.29, 0.717) is 5.56 Å². The average Bonchev–Trinajstić information content (AvgIpc) is 3.22. The van der Waals surface area contributed by atoms with Crippen molar-refractivity contribution in [2.75, 3.05) is 6.61 Å². The Kier molecular flexibility index (Phi) is 5.92. The molecule has 3 rings (SSSR count). The second-order valence-electron chi connectivity index (χ2n) is 5.77. The molecule has 0 aliphatic rings. The van der Waals surface area contributed by atoms with Gasteiger partial charge >= 0.3 is 22.9 Å². The van der Waals surface area contributed by atoms with E-state index in [1.807, 2.05) is 0 Å². The summed E-state index contributed by atoms with van der Waals surface area (Å²) in [6, 6.07) is 7.56. The highest BCUT2D eigenvalue weighted by molar-refractivity contribution is 5.88. The van der Waals surface area contributed by atoms with Gasteiger partial charge in [0, 0.05) is 0 Å². The summed E-state index contributed by atoms with van der Waals surface area (Å²) >= 11 is 0. The van der Waals surface area contributed by atoms with Gasteiger partial charge in [0.25, 0.3) is 0 Å². The minimum Gasteiger partial charge on any atom is -0.490 e. The number of hydrogen-bond donors (Lipinski definition) is 2. The lowest BCUT2D eigenvalue weighted by molar-refractivity contribution is -0.386. The smallest absolute Gasteiger partial charge is 0.379 e. The molecule has 0 aliphatic heterocycles. The number of H-pyrrole nitrogens is 2. The maximum absolute atomic E-state index is 12.1. The molecule has 11 heteroatoms. The topological polar surface area (TPSA) is 158 Å². The zero-order chi connectivity index (χ0) is 21.7. The summed E-state index contributed by atoms with van der Waals surface area (Å²) in [4.78, 5) is 49.4. The van der Waals surface area contributed by atoms with Crippen molar-refractivity contribution in [3.05, 3.63) is 84.6 Å². The van der Waals surface area contributed by atoms with E-state index in [1.165, 1.54) is 36.6 Å². The van der Waals surface area contributed by atoms with Crippen molar-refractivity contribution in [3.63, 3.8) is 0 Å². The van der Waals surface area contributed by atoms with Gasteiger partial charge in [-0.2, -0.15) is 0 Å². The van der Waals surface area contributed by atoms with E-state index >= 15 is 0 Å². The van der Waals surface area contributed by atoms with Gasteiger partial charge in [0.2, 0.25) is 5.76 Å². The number of nitrogens with one attached hydrogen (secondary N) is 2. The molecule has 0 atom stereocenters. The summed E-state index contributed by atoms with van der Waals surface area (Å²) < 4.78 is 15.8. The third-order valence-corrected chi connectivity index (χ3v) is 3.76. The summed E-state index contributed by atoms with van der Waals surface area (Å²) in [7, 11) is 0. The Morgan fingerprint density at radius 1 is 1.20 bits per heavy atom. The van der Waals surface area contributed by atoms with E-state index in [1.54, 1.807) is 24.0 Å². The third kappa shape index (κ3) is 4.52. The van der Waals surface area contributed by atoms with Crippen LogP contribution < -0.4 is 20.7 Å². The van der Waals surface area contributed by atoms with Gasteiger partial charge in [-0.15, -0.1) is 0 Å². The quantitative estimate of drug-likeness (QED) is 0.258. The zero-order valence-corrected chi connectivity index (χ0v) is 15.5. The second-order valence-corrected chi connectivity index (χ2v) is 5.77. The highest BCUT2D eigenvalue weighted by Crippen LogP contribution is 2.30. The lowest BCUT2D eigenvalue weighted by Crippen LogP contribution is -2.25. The molecule has 0 unspecified atom stereocenters. The molecule has 11 nitrogen and oxygen atoms in total. The number of esters is 1. The Balaban J connectivity index is 1.92. The van der Waals surface area contributed by atoms with Gasteiger partial charge in [0.15, 0.2) is 11.5 Å². The summed E-state index contributed by atoms with van der Waals surface area (Å²) in [5.41, 5.74) is -2.54. The molecule has 1 aromatic carbocycles. The first kappa shape index (κ1) is 20.3. The van der Waals surface area contributed by atoms with Crippen LogP contribution in [0.15, 0.2) is 50.6 Å². The highest BCUT2D eigenvalue weighted by Gasteiger charge is 2.19.